The minimum atomic E-state index is 0. The van der Waals surface area contributed by atoms with E-state index >= 15 is 0 Å². The first-order valence-corrected chi connectivity index (χ1v) is 11.7. The Bertz CT molecular complexity index is 742. The predicted molar refractivity (Wildman–Crippen MR) is 132 cm³/mol. The van der Waals surface area contributed by atoms with Crippen LogP contribution in [0.5, 0.6) is 0 Å². The molecule has 0 N–H and O–H groups in total. The number of aryl methyl sites for hydroxylation is 1. The van der Waals surface area contributed by atoms with Gasteiger partial charge >= 0.3 is 0 Å². The maximum atomic E-state index is 2.54. The third kappa shape index (κ3) is 12.2. The number of quaternary nitrogens is 1. The number of hydrogen-bond acceptors (Lipinski definition) is 1. The lowest BCUT2D eigenvalue weighted by Crippen LogP contribution is -3.00. The van der Waals surface area contributed by atoms with Crippen molar-refractivity contribution in [2.24, 2.45) is 0 Å². The van der Waals surface area contributed by atoms with Gasteiger partial charge in [-0.2, -0.15) is 0 Å². The third-order valence-corrected chi connectivity index (χ3v) is 5.45. The SMILES string of the molecule is CCCCN(CCCC)c1ccc(/C=C/c2cc[n+](CCC[N+](C)(C)C)cc2)cc1.[Br-].[Br-]. The van der Waals surface area contributed by atoms with Crippen LogP contribution in [0.4, 0.5) is 5.69 Å². The average Bonchev–Trinajstić information content (AvgIpc) is 2.73. The van der Waals surface area contributed by atoms with Crippen LogP contribution >= 0.6 is 0 Å². The summed E-state index contributed by atoms with van der Waals surface area (Å²) in [4.78, 5) is 2.54. The molecule has 0 aliphatic heterocycles. The fourth-order valence-corrected chi connectivity index (χ4v) is 3.51. The molecule has 1 aromatic carbocycles. The maximum Gasteiger partial charge on any atom is 0.169 e. The van der Waals surface area contributed by atoms with Crippen LogP contribution in [0.3, 0.4) is 0 Å². The molecule has 0 saturated carbocycles. The third-order valence-electron chi connectivity index (χ3n) is 5.45. The summed E-state index contributed by atoms with van der Waals surface area (Å²) >= 11 is 0. The van der Waals surface area contributed by atoms with Crippen LogP contribution in [0, 0.1) is 0 Å². The van der Waals surface area contributed by atoms with E-state index in [1.807, 2.05) is 0 Å². The molecule has 0 fully saturated rings. The van der Waals surface area contributed by atoms with Crippen molar-refractivity contribution >= 4 is 17.8 Å². The molecule has 1 aromatic heterocycles. The van der Waals surface area contributed by atoms with Crippen molar-refractivity contribution in [3.63, 3.8) is 0 Å². The Balaban J connectivity index is 0.00000480. The number of hydrogen-bond donors (Lipinski definition) is 0. The highest BCUT2D eigenvalue weighted by Crippen LogP contribution is 2.18. The molecule has 0 atom stereocenters. The van der Waals surface area contributed by atoms with Crippen LogP contribution in [-0.4, -0.2) is 45.3 Å². The van der Waals surface area contributed by atoms with Gasteiger partial charge in [-0.15, -0.1) is 0 Å². The molecule has 0 spiro atoms. The maximum absolute atomic E-state index is 2.54. The Morgan fingerprint density at radius 1 is 0.750 bits per heavy atom. The van der Waals surface area contributed by atoms with E-state index in [-0.39, 0.29) is 34.0 Å². The van der Waals surface area contributed by atoms with Gasteiger partial charge in [0.25, 0.3) is 0 Å². The van der Waals surface area contributed by atoms with E-state index in [9.17, 15) is 0 Å². The molecule has 0 saturated heterocycles. The molecule has 1 heterocycles. The van der Waals surface area contributed by atoms with Gasteiger partial charge in [0.2, 0.25) is 0 Å². The van der Waals surface area contributed by atoms with Crippen LogP contribution in [0.2, 0.25) is 0 Å². The number of rotatable bonds is 13. The highest BCUT2D eigenvalue weighted by molar-refractivity contribution is 5.70. The van der Waals surface area contributed by atoms with Gasteiger partial charge in [-0.1, -0.05) is 51.0 Å². The number of pyridine rings is 1. The second kappa shape index (κ2) is 16.4. The quantitative estimate of drug-likeness (QED) is 0.237. The molecule has 180 valence electrons. The van der Waals surface area contributed by atoms with Gasteiger partial charge in [0.05, 0.1) is 34.1 Å². The highest BCUT2D eigenvalue weighted by atomic mass is 79.9. The van der Waals surface area contributed by atoms with Crippen LogP contribution in [0.1, 0.15) is 57.1 Å². The smallest absolute Gasteiger partial charge is 0.169 e. The van der Waals surface area contributed by atoms with Crippen LogP contribution in [0.25, 0.3) is 12.2 Å². The summed E-state index contributed by atoms with van der Waals surface area (Å²) in [5.41, 5.74) is 3.85. The fourth-order valence-electron chi connectivity index (χ4n) is 3.51. The molecular formula is C27H43Br2N3. The Kier molecular flexibility index (Phi) is 15.8. The number of unbranched alkanes of at least 4 members (excludes halogenated alkanes) is 2. The van der Waals surface area contributed by atoms with Gasteiger partial charge in [0.15, 0.2) is 18.9 Å². The zero-order valence-electron chi connectivity index (χ0n) is 20.7. The lowest BCUT2D eigenvalue weighted by Gasteiger charge is -2.24. The molecule has 0 aliphatic rings. The van der Waals surface area contributed by atoms with Crippen molar-refractivity contribution in [2.45, 2.75) is 52.5 Å². The first-order valence-electron chi connectivity index (χ1n) is 11.7. The summed E-state index contributed by atoms with van der Waals surface area (Å²) in [5, 5.41) is 0. The van der Waals surface area contributed by atoms with Gasteiger partial charge in [0, 0.05) is 30.9 Å². The standard InChI is InChI=1S/C27H43N3.2BrH/c1-6-8-20-29(21-9-7-2)27-15-13-25(14-16-27)11-12-26-17-22-28(23-18-26)19-10-24-30(3,4)5;;/h11-18,22-23H,6-10,19-21,24H2,1-5H3;2*1H/q+2;;/p-2. The van der Waals surface area contributed by atoms with E-state index in [0.717, 1.165) is 24.1 Å². The fraction of sp³-hybridized carbons (Fsp3) is 0.519. The summed E-state index contributed by atoms with van der Waals surface area (Å²) in [7, 11) is 6.75. The summed E-state index contributed by atoms with van der Waals surface area (Å²) in [6, 6.07) is 13.4. The molecule has 0 unspecified atom stereocenters. The van der Waals surface area contributed by atoms with Crippen molar-refractivity contribution in [2.75, 3.05) is 45.7 Å². The summed E-state index contributed by atoms with van der Waals surface area (Å²) < 4.78 is 3.30. The number of halogens is 2. The molecule has 3 nitrogen and oxygen atoms in total. The first-order chi connectivity index (χ1) is 14.4. The van der Waals surface area contributed by atoms with Gasteiger partial charge in [-0.25, -0.2) is 4.57 Å². The monoisotopic (exact) mass is 567 g/mol. The average molecular weight is 569 g/mol. The molecule has 5 heteroatoms. The zero-order valence-corrected chi connectivity index (χ0v) is 23.9. The second-order valence-corrected chi connectivity index (χ2v) is 9.36. The summed E-state index contributed by atoms with van der Waals surface area (Å²) in [5.74, 6) is 0. The van der Waals surface area contributed by atoms with Crippen LogP contribution in [0.15, 0.2) is 48.8 Å². The molecule has 2 aromatic rings. The Hall–Kier alpha value is -1.17. The molecule has 0 amide bonds. The normalized spacial score (nSPS) is 11.2. The van der Waals surface area contributed by atoms with Gasteiger partial charge < -0.3 is 43.3 Å². The number of nitrogens with zero attached hydrogens (tertiary/aromatic N) is 3. The predicted octanol–water partition coefficient (Wildman–Crippen LogP) is -0.345. The van der Waals surface area contributed by atoms with Crippen molar-refractivity contribution in [1.29, 1.82) is 0 Å². The van der Waals surface area contributed by atoms with E-state index in [4.69, 9.17) is 0 Å². The molecule has 0 bridgehead atoms. The Morgan fingerprint density at radius 3 is 1.72 bits per heavy atom. The molecule has 0 radical (unpaired) electrons. The summed E-state index contributed by atoms with van der Waals surface area (Å²) in [6.45, 7) is 9.12. The van der Waals surface area contributed by atoms with E-state index in [0.29, 0.717) is 0 Å². The zero-order chi connectivity index (χ0) is 21.8. The molecule has 32 heavy (non-hydrogen) atoms. The summed E-state index contributed by atoms with van der Waals surface area (Å²) in [6.07, 6.45) is 15.0. The topological polar surface area (TPSA) is 7.12 Å². The number of aromatic nitrogens is 1. The van der Waals surface area contributed by atoms with Crippen molar-refractivity contribution in [1.82, 2.24) is 0 Å². The molecular weight excluding hydrogens is 526 g/mol. The van der Waals surface area contributed by atoms with E-state index in [1.54, 1.807) is 0 Å². The first kappa shape index (κ1) is 30.8. The van der Waals surface area contributed by atoms with E-state index in [2.05, 4.69) is 105 Å². The number of anilines is 1. The Labute approximate surface area is 218 Å². The second-order valence-electron chi connectivity index (χ2n) is 9.36. The van der Waals surface area contributed by atoms with Gasteiger partial charge in [-0.05, 0) is 36.1 Å². The van der Waals surface area contributed by atoms with Gasteiger partial charge in [0.1, 0.15) is 0 Å². The van der Waals surface area contributed by atoms with Crippen LogP contribution < -0.4 is 43.4 Å². The van der Waals surface area contributed by atoms with Crippen molar-refractivity contribution < 1.29 is 43.0 Å². The van der Waals surface area contributed by atoms with Crippen molar-refractivity contribution in [3.8, 4) is 0 Å². The molecule has 2 rings (SSSR count). The van der Waals surface area contributed by atoms with E-state index in [1.165, 1.54) is 55.5 Å². The Morgan fingerprint density at radius 2 is 1.25 bits per heavy atom. The number of benzene rings is 1. The van der Waals surface area contributed by atoms with E-state index < -0.39 is 0 Å². The van der Waals surface area contributed by atoms with Gasteiger partial charge in [-0.3, -0.25) is 0 Å². The lowest BCUT2D eigenvalue weighted by atomic mass is 10.1. The minimum Gasteiger partial charge on any atom is -1.00 e. The van der Waals surface area contributed by atoms with Crippen LogP contribution in [-0.2, 0) is 6.54 Å². The largest absolute Gasteiger partial charge is 1.00 e. The minimum absolute atomic E-state index is 0. The molecule has 0 aliphatic carbocycles. The highest BCUT2D eigenvalue weighted by Gasteiger charge is 2.09. The lowest BCUT2D eigenvalue weighted by molar-refractivity contribution is -0.873. The van der Waals surface area contributed by atoms with Crippen molar-refractivity contribution in [3.05, 3.63) is 59.9 Å².